The van der Waals surface area contributed by atoms with Crippen molar-refractivity contribution in [1.29, 1.82) is 5.26 Å². The van der Waals surface area contributed by atoms with Crippen molar-refractivity contribution < 1.29 is 22.8 Å². The zero-order valence-corrected chi connectivity index (χ0v) is 24.4. The molecule has 4 aromatic carbocycles. The van der Waals surface area contributed by atoms with Crippen molar-refractivity contribution in [2.75, 3.05) is 42.9 Å². The zero-order chi connectivity index (χ0) is 31.8. The highest BCUT2D eigenvalue weighted by molar-refractivity contribution is 6.08. The van der Waals surface area contributed by atoms with Crippen LogP contribution in [0.3, 0.4) is 0 Å². The van der Waals surface area contributed by atoms with Crippen LogP contribution in [0.1, 0.15) is 33.9 Å². The van der Waals surface area contributed by atoms with Gasteiger partial charge in [0.05, 0.1) is 18.1 Å². The summed E-state index contributed by atoms with van der Waals surface area (Å²) in [6.07, 6.45) is -4.18. The fourth-order valence-corrected chi connectivity index (χ4v) is 5.47. The quantitative estimate of drug-likeness (QED) is 0.211. The van der Waals surface area contributed by atoms with E-state index in [2.05, 4.69) is 26.5 Å². The van der Waals surface area contributed by atoms with Gasteiger partial charge in [-0.2, -0.15) is 18.4 Å². The molecule has 230 valence electrons. The predicted molar refractivity (Wildman–Crippen MR) is 167 cm³/mol. The Morgan fingerprint density at radius 1 is 0.822 bits per heavy atom. The summed E-state index contributed by atoms with van der Waals surface area (Å²) in [5, 5.41) is 14.6. The van der Waals surface area contributed by atoms with Crippen molar-refractivity contribution in [1.82, 2.24) is 10.2 Å². The fourth-order valence-electron chi connectivity index (χ4n) is 5.47. The molecule has 2 N–H and O–H groups in total. The monoisotopic (exact) mass is 611 g/mol. The third-order valence-corrected chi connectivity index (χ3v) is 7.76. The number of carbonyl (C=O) groups is 2. The lowest BCUT2D eigenvalue weighted by atomic mass is 9.98. The lowest BCUT2D eigenvalue weighted by Crippen LogP contribution is -2.51. The van der Waals surface area contributed by atoms with Gasteiger partial charge in [-0.05, 0) is 59.2 Å². The Labute approximate surface area is 259 Å². The third-order valence-electron chi connectivity index (χ3n) is 7.76. The van der Waals surface area contributed by atoms with Gasteiger partial charge in [0.15, 0.2) is 0 Å². The van der Waals surface area contributed by atoms with E-state index in [1.54, 1.807) is 24.3 Å². The minimum Gasteiger partial charge on any atom is -0.369 e. The molecule has 5 rings (SSSR count). The second-order valence-electron chi connectivity index (χ2n) is 10.7. The van der Waals surface area contributed by atoms with Gasteiger partial charge in [-0.1, -0.05) is 60.7 Å². The highest BCUT2D eigenvalue weighted by atomic mass is 19.4. The van der Waals surface area contributed by atoms with Crippen LogP contribution in [0.15, 0.2) is 103 Å². The maximum atomic E-state index is 13.2. The van der Waals surface area contributed by atoms with Crippen LogP contribution in [0.5, 0.6) is 0 Å². The second kappa shape index (κ2) is 14.1. The van der Waals surface area contributed by atoms with Gasteiger partial charge in [0.25, 0.3) is 5.91 Å². The Kier molecular flexibility index (Phi) is 9.80. The number of hydrogen-bond acceptors (Lipinski definition) is 5. The average molecular weight is 612 g/mol. The first-order chi connectivity index (χ1) is 21.7. The first kappa shape index (κ1) is 31.3. The molecule has 1 fully saturated rings. The molecule has 1 aliphatic rings. The molecule has 0 aromatic heterocycles. The summed E-state index contributed by atoms with van der Waals surface area (Å²) in [6, 6.07) is 30.3. The van der Waals surface area contributed by atoms with E-state index in [0.29, 0.717) is 55.1 Å². The number of anilines is 2. The van der Waals surface area contributed by atoms with Gasteiger partial charge in [0.1, 0.15) is 6.04 Å². The summed E-state index contributed by atoms with van der Waals surface area (Å²) >= 11 is 0. The molecule has 0 spiro atoms. The summed E-state index contributed by atoms with van der Waals surface area (Å²) in [5.74, 6) is -0.489. The molecule has 0 saturated carbocycles. The maximum absolute atomic E-state index is 13.2. The zero-order valence-electron chi connectivity index (χ0n) is 24.4. The smallest absolute Gasteiger partial charge is 0.369 e. The van der Waals surface area contributed by atoms with Crippen molar-refractivity contribution in [3.05, 3.63) is 120 Å². The van der Waals surface area contributed by atoms with Crippen molar-refractivity contribution >= 4 is 23.2 Å². The van der Waals surface area contributed by atoms with Crippen LogP contribution >= 0.6 is 0 Å². The van der Waals surface area contributed by atoms with Gasteiger partial charge in [-0.3, -0.25) is 14.5 Å². The van der Waals surface area contributed by atoms with E-state index >= 15 is 0 Å². The Bertz CT molecular complexity index is 1640. The highest BCUT2D eigenvalue weighted by Gasteiger charge is 2.31. The van der Waals surface area contributed by atoms with Crippen LogP contribution < -0.4 is 15.5 Å². The molecule has 1 unspecified atom stereocenters. The fraction of sp³-hybridized carbons (Fsp3) is 0.229. The normalized spacial score (nSPS) is 14.3. The van der Waals surface area contributed by atoms with E-state index in [9.17, 15) is 22.8 Å². The molecule has 0 aliphatic carbocycles. The van der Waals surface area contributed by atoms with Crippen LogP contribution in [-0.4, -0.2) is 49.4 Å². The number of carbonyl (C=O) groups excluding carboxylic acids is 2. The minimum absolute atomic E-state index is 0.120. The molecule has 0 radical (unpaired) electrons. The van der Waals surface area contributed by atoms with E-state index < -0.39 is 17.8 Å². The van der Waals surface area contributed by atoms with Crippen LogP contribution in [0.25, 0.3) is 11.1 Å². The number of nitrogens with one attached hydrogen (secondary N) is 2. The lowest BCUT2D eigenvalue weighted by Gasteiger charge is -2.39. The molecule has 4 aromatic rings. The highest BCUT2D eigenvalue weighted by Crippen LogP contribution is 2.32. The maximum Gasteiger partial charge on any atom is 0.416 e. The number of halogens is 3. The number of rotatable bonds is 9. The predicted octanol–water partition coefficient (Wildman–Crippen LogP) is 6.52. The van der Waals surface area contributed by atoms with Crippen molar-refractivity contribution in [2.24, 2.45) is 0 Å². The summed E-state index contributed by atoms with van der Waals surface area (Å²) in [4.78, 5) is 30.7. The van der Waals surface area contributed by atoms with Crippen molar-refractivity contribution in [2.45, 2.75) is 18.6 Å². The topological polar surface area (TPSA) is 88.5 Å². The van der Waals surface area contributed by atoms with Crippen LogP contribution in [0, 0.1) is 11.3 Å². The Balaban J connectivity index is 1.22. The van der Waals surface area contributed by atoms with Gasteiger partial charge in [-0.25, -0.2) is 0 Å². The Morgan fingerprint density at radius 3 is 2.11 bits per heavy atom. The molecule has 2 amide bonds. The third kappa shape index (κ3) is 7.69. The first-order valence-corrected chi connectivity index (χ1v) is 14.6. The van der Waals surface area contributed by atoms with Crippen molar-refractivity contribution in [3.63, 3.8) is 0 Å². The molecule has 1 saturated heterocycles. The molecule has 10 heteroatoms. The molecular formula is C35H32F3N5O2. The number of piperazine rings is 1. The molecule has 1 aliphatic heterocycles. The summed E-state index contributed by atoms with van der Waals surface area (Å²) in [6.45, 7) is 3.01. The van der Waals surface area contributed by atoms with Crippen LogP contribution in [0.2, 0.25) is 0 Å². The molecule has 1 atom stereocenters. The summed E-state index contributed by atoms with van der Waals surface area (Å²) in [5.41, 5.74) is 3.11. The number of hydrogen-bond donors (Lipinski definition) is 2. The number of alkyl halides is 3. The molecule has 45 heavy (non-hydrogen) atoms. The van der Waals surface area contributed by atoms with E-state index in [-0.39, 0.29) is 18.2 Å². The number of nitriles is 1. The Hall–Kier alpha value is -5.14. The van der Waals surface area contributed by atoms with Crippen LogP contribution in [0.4, 0.5) is 24.5 Å². The lowest BCUT2D eigenvalue weighted by molar-refractivity contribution is -0.137. The largest absolute Gasteiger partial charge is 0.416 e. The average Bonchev–Trinajstić information content (AvgIpc) is 3.06. The van der Waals surface area contributed by atoms with Gasteiger partial charge in [-0.15, -0.1) is 0 Å². The second-order valence-corrected chi connectivity index (χ2v) is 10.7. The SMILES string of the molecule is N#CCCNC(=O)C(c1ccccc1)N1CCN(c2ccc(NC(=O)c3ccccc3-c3ccc(C(F)(F)F)cc3)cc2)CC1. The van der Waals surface area contributed by atoms with E-state index in [1.807, 2.05) is 54.6 Å². The molecule has 1 heterocycles. The Morgan fingerprint density at radius 2 is 1.47 bits per heavy atom. The standard InChI is InChI=1S/C35H32F3N5O2/c36-35(37,38)27-13-11-25(12-14-27)30-9-4-5-10-31(30)33(44)41-28-15-17-29(18-16-28)42-21-23-43(24-22-42)32(26-7-2-1-3-8-26)34(45)40-20-6-19-39/h1-5,7-18,32H,6,20-24H2,(H,40,45)(H,41,44). The van der Waals surface area contributed by atoms with E-state index in [0.717, 1.165) is 23.4 Å². The number of benzene rings is 4. The van der Waals surface area contributed by atoms with Gasteiger partial charge >= 0.3 is 6.18 Å². The van der Waals surface area contributed by atoms with E-state index in [1.165, 1.54) is 12.1 Å². The number of nitrogens with zero attached hydrogens (tertiary/aromatic N) is 3. The van der Waals surface area contributed by atoms with Crippen molar-refractivity contribution in [3.8, 4) is 17.2 Å². The molecular weight excluding hydrogens is 579 g/mol. The van der Waals surface area contributed by atoms with E-state index in [4.69, 9.17) is 5.26 Å². The van der Waals surface area contributed by atoms with Gasteiger partial charge in [0.2, 0.25) is 5.91 Å². The van der Waals surface area contributed by atoms with Gasteiger partial charge in [0, 0.05) is 49.7 Å². The first-order valence-electron chi connectivity index (χ1n) is 14.6. The van der Waals surface area contributed by atoms with Gasteiger partial charge < -0.3 is 15.5 Å². The van der Waals surface area contributed by atoms with Crippen LogP contribution in [-0.2, 0) is 11.0 Å². The summed E-state index contributed by atoms with van der Waals surface area (Å²) < 4.78 is 39.1. The molecule has 7 nitrogen and oxygen atoms in total. The number of amides is 2. The summed E-state index contributed by atoms with van der Waals surface area (Å²) in [7, 11) is 0. The minimum atomic E-state index is -4.44. The molecule has 0 bridgehead atoms.